The SMILES string of the molecule is CC1=CC[C@]23O[C@@]2(C)CC[C@@H]2[C@H](OC(=O)[C@]24C[C@H]2C[C@]45C(=C2C)[C@H]2OC(=O)[C@H](C)[C@@H]2CC[C@@]5(C)O)[C@@H]13. The van der Waals surface area contributed by atoms with Crippen LogP contribution in [-0.4, -0.2) is 46.1 Å². The number of esters is 2. The third-order valence-corrected chi connectivity index (χ3v) is 13.1. The second kappa shape index (κ2) is 6.14. The summed E-state index contributed by atoms with van der Waals surface area (Å²) in [5, 5.41) is 12.5. The van der Waals surface area contributed by atoms with Crippen LogP contribution in [0.1, 0.15) is 79.6 Å². The maximum absolute atomic E-state index is 14.4. The maximum atomic E-state index is 14.4. The minimum absolute atomic E-state index is 0.0206. The van der Waals surface area contributed by atoms with E-state index in [1.807, 2.05) is 13.8 Å². The summed E-state index contributed by atoms with van der Waals surface area (Å²) in [7, 11) is 0. The average Bonchev–Trinajstić information content (AvgIpc) is 3.21. The van der Waals surface area contributed by atoms with E-state index in [0.29, 0.717) is 6.42 Å². The molecule has 0 aromatic rings. The van der Waals surface area contributed by atoms with Crippen molar-refractivity contribution in [3.05, 3.63) is 22.8 Å². The second-order valence-electron chi connectivity index (χ2n) is 14.1. The molecule has 0 radical (unpaired) electrons. The monoisotopic (exact) mass is 494 g/mol. The van der Waals surface area contributed by atoms with Crippen LogP contribution in [0, 0.1) is 40.4 Å². The Bertz CT molecular complexity index is 1200. The highest BCUT2D eigenvalue weighted by molar-refractivity contribution is 5.85. The highest BCUT2D eigenvalue weighted by Gasteiger charge is 2.84. The lowest BCUT2D eigenvalue weighted by molar-refractivity contribution is -0.169. The van der Waals surface area contributed by atoms with Crippen LogP contribution in [0.5, 0.6) is 0 Å². The summed E-state index contributed by atoms with van der Waals surface area (Å²) in [5.41, 5.74) is 0.551. The first kappa shape index (κ1) is 22.3. The molecule has 2 bridgehead atoms. The first-order valence-electron chi connectivity index (χ1n) is 14.2. The number of rotatable bonds is 0. The van der Waals surface area contributed by atoms with Gasteiger partial charge in [0, 0.05) is 23.2 Å². The van der Waals surface area contributed by atoms with Crippen molar-refractivity contribution in [1.29, 1.82) is 0 Å². The van der Waals surface area contributed by atoms with Crippen LogP contribution in [0.15, 0.2) is 22.8 Å². The Labute approximate surface area is 212 Å². The minimum atomic E-state index is -1.08. The molecule has 6 heteroatoms. The number of hydrogen-bond donors (Lipinski definition) is 1. The van der Waals surface area contributed by atoms with Gasteiger partial charge in [0.15, 0.2) is 0 Å². The molecule has 0 unspecified atom stereocenters. The van der Waals surface area contributed by atoms with Gasteiger partial charge in [0.1, 0.15) is 17.8 Å². The molecular formula is C30H38O6. The highest BCUT2D eigenvalue weighted by Crippen LogP contribution is 2.80. The summed E-state index contributed by atoms with van der Waals surface area (Å²) in [4.78, 5) is 27.2. The molecule has 1 N–H and O–H groups in total. The van der Waals surface area contributed by atoms with Crippen LogP contribution in [0.3, 0.4) is 0 Å². The molecule has 6 fully saturated rings. The quantitative estimate of drug-likeness (QED) is 0.308. The Morgan fingerprint density at radius 3 is 2.61 bits per heavy atom. The van der Waals surface area contributed by atoms with Gasteiger partial charge < -0.3 is 19.3 Å². The van der Waals surface area contributed by atoms with E-state index in [1.165, 1.54) is 11.1 Å². The average molecular weight is 495 g/mol. The van der Waals surface area contributed by atoms with Crippen molar-refractivity contribution in [2.24, 2.45) is 40.4 Å². The van der Waals surface area contributed by atoms with Crippen LogP contribution >= 0.6 is 0 Å². The molecule has 3 saturated carbocycles. The van der Waals surface area contributed by atoms with Crippen molar-refractivity contribution < 1.29 is 28.9 Å². The third-order valence-electron chi connectivity index (χ3n) is 13.1. The van der Waals surface area contributed by atoms with Gasteiger partial charge in [0.2, 0.25) is 0 Å². The van der Waals surface area contributed by atoms with Crippen LogP contribution in [-0.2, 0) is 23.8 Å². The summed E-state index contributed by atoms with van der Waals surface area (Å²) < 4.78 is 19.1. The lowest BCUT2D eigenvalue weighted by Gasteiger charge is -2.54. The Morgan fingerprint density at radius 2 is 1.83 bits per heavy atom. The van der Waals surface area contributed by atoms with Crippen LogP contribution in [0.25, 0.3) is 0 Å². The van der Waals surface area contributed by atoms with Gasteiger partial charge in [-0.2, -0.15) is 0 Å². The number of fused-ring (bicyclic) bond motifs is 6. The van der Waals surface area contributed by atoms with E-state index in [9.17, 15) is 14.7 Å². The lowest BCUT2D eigenvalue weighted by Crippen LogP contribution is -2.60. The smallest absolute Gasteiger partial charge is 0.313 e. The molecule has 6 nitrogen and oxygen atoms in total. The molecule has 3 heterocycles. The van der Waals surface area contributed by atoms with Crippen molar-refractivity contribution in [1.82, 2.24) is 0 Å². The number of carbonyl (C=O) groups excluding carboxylic acids is 2. The van der Waals surface area contributed by atoms with E-state index in [-0.39, 0.29) is 64.9 Å². The minimum Gasteiger partial charge on any atom is -0.461 e. The summed E-state index contributed by atoms with van der Waals surface area (Å²) in [6, 6.07) is 0. The fourth-order valence-electron chi connectivity index (χ4n) is 11.3. The first-order chi connectivity index (χ1) is 16.9. The van der Waals surface area contributed by atoms with Crippen molar-refractivity contribution in [3.8, 4) is 0 Å². The van der Waals surface area contributed by atoms with Gasteiger partial charge in [0.05, 0.1) is 22.5 Å². The molecule has 12 atom stereocenters. The molecule has 3 spiro atoms. The predicted octanol–water partition coefficient (Wildman–Crippen LogP) is 4.25. The molecule has 8 rings (SSSR count). The van der Waals surface area contributed by atoms with Crippen molar-refractivity contribution in [2.75, 3.05) is 0 Å². The fraction of sp³-hybridized carbons (Fsp3) is 0.800. The van der Waals surface area contributed by atoms with Gasteiger partial charge in [-0.3, -0.25) is 9.59 Å². The van der Waals surface area contributed by atoms with Crippen LogP contribution < -0.4 is 0 Å². The normalized spacial score (nSPS) is 59.9. The topological polar surface area (TPSA) is 85.4 Å². The van der Waals surface area contributed by atoms with E-state index < -0.39 is 16.4 Å². The summed E-state index contributed by atoms with van der Waals surface area (Å²) in [5.74, 6) is -0.0883. The molecular weight excluding hydrogens is 456 g/mol. The first-order valence-corrected chi connectivity index (χ1v) is 14.2. The lowest BCUT2D eigenvalue weighted by atomic mass is 9.48. The summed E-state index contributed by atoms with van der Waals surface area (Å²) in [6.07, 6.45) is 7.17. The highest BCUT2D eigenvalue weighted by atomic mass is 16.6. The standard InChI is InChI=1S/C30H38O6/c1-14-6-11-30-20(14)23-19(8-10-27(30,5)36-30)28(25(32)35-23)12-17-13-29(28)21(15(17)2)22-18(7-9-26(29,4)33)16(3)24(31)34-22/h6,16-20,22-23,33H,7-13H2,1-5H3/t16-,17+,18+,19-,20-,22+,23+,26-,27+,28+,29-,30-/m1/s1. The van der Waals surface area contributed by atoms with Gasteiger partial charge >= 0.3 is 11.9 Å². The van der Waals surface area contributed by atoms with Gasteiger partial charge in [-0.25, -0.2) is 0 Å². The van der Waals surface area contributed by atoms with Crippen molar-refractivity contribution in [2.45, 2.75) is 109 Å². The molecule has 8 aliphatic rings. The van der Waals surface area contributed by atoms with E-state index in [4.69, 9.17) is 14.2 Å². The van der Waals surface area contributed by atoms with Crippen molar-refractivity contribution in [3.63, 3.8) is 0 Å². The Morgan fingerprint density at radius 1 is 1.06 bits per heavy atom. The summed E-state index contributed by atoms with van der Waals surface area (Å²) in [6.45, 7) is 10.5. The zero-order chi connectivity index (χ0) is 25.2. The number of hydrogen-bond acceptors (Lipinski definition) is 6. The van der Waals surface area contributed by atoms with E-state index in [2.05, 4.69) is 26.8 Å². The van der Waals surface area contributed by atoms with Gasteiger partial charge in [0.25, 0.3) is 0 Å². The molecule has 0 amide bonds. The summed E-state index contributed by atoms with van der Waals surface area (Å²) >= 11 is 0. The molecule has 3 saturated heterocycles. The second-order valence-corrected chi connectivity index (χ2v) is 14.1. The number of epoxide rings is 1. The molecule has 3 aliphatic heterocycles. The maximum Gasteiger partial charge on any atom is 0.313 e. The van der Waals surface area contributed by atoms with Gasteiger partial charge in [-0.1, -0.05) is 24.1 Å². The Kier molecular flexibility index (Phi) is 3.81. The van der Waals surface area contributed by atoms with Gasteiger partial charge in [-0.15, -0.1) is 0 Å². The third kappa shape index (κ3) is 2.02. The molecule has 36 heavy (non-hydrogen) atoms. The largest absolute Gasteiger partial charge is 0.461 e. The Hall–Kier alpha value is -1.66. The van der Waals surface area contributed by atoms with Crippen LogP contribution in [0.2, 0.25) is 0 Å². The molecule has 0 aromatic heterocycles. The van der Waals surface area contributed by atoms with E-state index in [1.54, 1.807) is 0 Å². The molecule has 194 valence electrons. The predicted molar refractivity (Wildman–Crippen MR) is 129 cm³/mol. The van der Waals surface area contributed by atoms with Crippen LogP contribution in [0.4, 0.5) is 0 Å². The Balaban J connectivity index is 1.33. The number of carbonyl (C=O) groups is 2. The number of aliphatic hydroxyl groups is 1. The molecule has 0 aromatic carbocycles. The fourth-order valence-corrected chi connectivity index (χ4v) is 11.3. The molecule has 5 aliphatic carbocycles. The number of ether oxygens (including phenoxy) is 3. The van der Waals surface area contributed by atoms with E-state index in [0.717, 1.165) is 44.1 Å². The number of allylic oxidation sites excluding steroid dienone is 1. The van der Waals surface area contributed by atoms with E-state index >= 15 is 0 Å². The van der Waals surface area contributed by atoms with Gasteiger partial charge in [-0.05, 0) is 84.1 Å². The zero-order valence-electron chi connectivity index (χ0n) is 22.1. The zero-order valence-corrected chi connectivity index (χ0v) is 22.1. The van der Waals surface area contributed by atoms with Crippen molar-refractivity contribution >= 4 is 11.9 Å².